The van der Waals surface area contributed by atoms with Crippen molar-refractivity contribution < 1.29 is 23.1 Å². The molecule has 1 saturated heterocycles. The lowest BCUT2D eigenvalue weighted by Gasteiger charge is -2.23. The third-order valence-corrected chi connectivity index (χ3v) is 6.51. The fourth-order valence-electron chi connectivity index (χ4n) is 4.61. The molecule has 7 nitrogen and oxygen atoms in total. The zero-order chi connectivity index (χ0) is 24.3. The molecule has 3 aromatic heterocycles. The molecule has 4 heterocycles. The van der Waals surface area contributed by atoms with Crippen LogP contribution in [0.25, 0.3) is 5.65 Å². The molecular weight excluding hydrogens is 447 g/mol. The number of imidazole rings is 1. The van der Waals surface area contributed by atoms with Gasteiger partial charge in [-0.3, -0.25) is 4.79 Å². The molecule has 2 fully saturated rings. The molecule has 1 atom stereocenters. The van der Waals surface area contributed by atoms with Crippen LogP contribution in [0, 0.1) is 5.82 Å². The first-order valence-corrected chi connectivity index (χ1v) is 11.4. The lowest BCUT2D eigenvalue weighted by Crippen LogP contribution is -2.26. The zero-order valence-corrected chi connectivity index (χ0v) is 18.9. The predicted octanol–water partition coefficient (Wildman–Crippen LogP) is 3.94. The van der Waals surface area contributed by atoms with E-state index in [0.29, 0.717) is 0 Å². The number of halogens is 3. The summed E-state index contributed by atoms with van der Waals surface area (Å²) in [6, 6.07) is 4.36. The summed E-state index contributed by atoms with van der Waals surface area (Å²) in [6.45, 7) is 4.55. The number of piperidine rings is 1. The molecule has 1 amide bonds. The summed E-state index contributed by atoms with van der Waals surface area (Å²) in [5, 5.41) is 16.6. The molecule has 0 spiro atoms. The van der Waals surface area contributed by atoms with Crippen molar-refractivity contribution in [3.63, 3.8) is 0 Å². The van der Waals surface area contributed by atoms with Gasteiger partial charge in [-0.15, -0.1) is 0 Å². The smallest absolute Gasteiger partial charge is 0.274 e. The summed E-state index contributed by atoms with van der Waals surface area (Å²) in [6.07, 6.45) is 4.73. The van der Waals surface area contributed by atoms with Crippen molar-refractivity contribution in [3.8, 4) is 0 Å². The molecule has 0 radical (unpaired) electrons. The van der Waals surface area contributed by atoms with Crippen LogP contribution in [-0.4, -0.2) is 44.4 Å². The van der Waals surface area contributed by atoms with Gasteiger partial charge in [-0.25, -0.2) is 23.1 Å². The van der Waals surface area contributed by atoms with Crippen molar-refractivity contribution >= 4 is 17.2 Å². The Bertz CT molecular complexity index is 1260. The quantitative estimate of drug-likeness (QED) is 0.522. The van der Waals surface area contributed by atoms with Crippen LogP contribution in [0.1, 0.15) is 72.4 Å². The maximum absolute atomic E-state index is 15.6. The van der Waals surface area contributed by atoms with Crippen molar-refractivity contribution in [3.05, 3.63) is 59.1 Å². The highest BCUT2D eigenvalue weighted by Gasteiger charge is 2.58. The monoisotopic (exact) mass is 473 g/mol. The van der Waals surface area contributed by atoms with E-state index in [1.165, 1.54) is 42.6 Å². The molecule has 2 aliphatic rings. The molecule has 5 rings (SSSR count). The topological polar surface area (TPSA) is 91.5 Å². The molecule has 0 aromatic carbocycles. The van der Waals surface area contributed by atoms with Crippen LogP contribution in [0.4, 0.5) is 18.9 Å². The molecule has 0 bridgehead atoms. The van der Waals surface area contributed by atoms with Gasteiger partial charge < -0.3 is 20.1 Å². The Labute approximate surface area is 194 Å². The average molecular weight is 473 g/mol. The van der Waals surface area contributed by atoms with Crippen LogP contribution in [-0.2, 0) is 5.60 Å². The molecule has 1 aliphatic heterocycles. The minimum Gasteiger partial charge on any atom is -0.386 e. The van der Waals surface area contributed by atoms with Gasteiger partial charge >= 0.3 is 0 Å². The Morgan fingerprint density at radius 2 is 1.91 bits per heavy atom. The molecule has 3 aromatic rings. The first-order chi connectivity index (χ1) is 16.0. The van der Waals surface area contributed by atoms with Gasteiger partial charge in [-0.2, -0.15) is 0 Å². The van der Waals surface area contributed by atoms with Crippen molar-refractivity contribution in [1.82, 2.24) is 19.7 Å². The van der Waals surface area contributed by atoms with Crippen LogP contribution in [0.3, 0.4) is 0 Å². The number of nitrogens with one attached hydrogen (secondary N) is 2. The minimum atomic E-state index is -2.81. The number of fused-ring (bicyclic) bond motifs is 1. The Balaban J connectivity index is 1.50. The fraction of sp³-hybridized carbons (Fsp3) is 0.458. The van der Waals surface area contributed by atoms with Crippen LogP contribution < -0.4 is 10.6 Å². The number of aromatic nitrogens is 3. The first-order valence-electron chi connectivity index (χ1n) is 11.4. The average Bonchev–Trinajstić information content (AvgIpc) is 3.22. The normalized spacial score (nSPS) is 20.5. The lowest BCUT2D eigenvalue weighted by molar-refractivity contribution is 0.0753. The second-order valence-corrected chi connectivity index (χ2v) is 9.63. The molecule has 3 N–H and O–H groups in total. The Morgan fingerprint density at radius 3 is 2.56 bits per heavy atom. The summed E-state index contributed by atoms with van der Waals surface area (Å²) in [5.41, 5.74) is -0.779. The van der Waals surface area contributed by atoms with Gasteiger partial charge in [0, 0.05) is 30.3 Å². The van der Waals surface area contributed by atoms with Crippen LogP contribution >= 0.6 is 0 Å². The maximum atomic E-state index is 15.6. The van der Waals surface area contributed by atoms with Crippen LogP contribution in [0.15, 0.2) is 30.6 Å². The number of pyridine rings is 2. The summed E-state index contributed by atoms with van der Waals surface area (Å²) >= 11 is 0. The SMILES string of the molecule is CC(C)(O)c1c(NC(=O)c2cccc(C3CC3(F)F)n2)cn2cc(C3CCNCC3)nc2c1F. The highest BCUT2D eigenvalue weighted by Crippen LogP contribution is 2.55. The van der Waals surface area contributed by atoms with Crippen LogP contribution in [0.2, 0.25) is 0 Å². The van der Waals surface area contributed by atoms with Gasteiger partial charge in [-0.05, 0) is 51.9 Å². The Kier molecular flexibility index (Phi) is 5.40. The highest BCUT2D eigenvalue weighted by molar-refractivity contribution is 6.03. The first kappa shape index (κ1) is 22.8. The molecule has 180 valence electrons. The number of carbonyl (C=O) groups is 1. The van der Waals surface area contributed by atoms with E-state index in [0.717, 1.165) is 31.6 Å². The third-order valence-electron chi connectivity index (χ3n) is 6.51. The number of alkyl halides is 2. The van der Waals surface area contributed by atoms with Crippen LogP contribution in [0.5, 0.6) is 0 Å². The fourth-order valence-corrected chi connectivity index (χ4v) is 4.61. The largest absolute Gasteiger partial charge is 0.386 e. The summed E-state index contributed by atoms with van der Waals surface area (Å²) in [5.74, 6) is -5.03. The third kappa shape index (κ3) is 4.16. The van der Waals surface area contributed by atoms with Gasteiger partial charge in [0.15, 0.2) is 11.5 Å². The number of amides is 1. The van der Waals surface area contributed by atoms with Gasteiger partial charge in [0.2, 0.25) is 0 Å². The Hall–Kier alpha value is -2.98. The summed E-state index contributed by atoms with van der Waals surface area (Å²) in [7, 11) is 0. The molecule has 1 aliphatic carbocycles. The summed E-state index contributed by atoms with van der Waals surface area (Å²) in [4.78, 5) is 21.5. The number of hydrogen-bond donors (Lipinski definition) is 3. The van der Waals surface area contributed by atoms with E-state index >= 15 is 4.39 Å². The summed E-state index contributed by atoms with van der Waals surface area (Å²) < 4.78 is 44.0. The van der Waals surface area contributed by atoms with Gasteiger partial charge in [0.05, 0.1) is 28.6 Å². The number of anilines is 1. The second kappa shape index (κ2) is 8.06. The van der Waals surface area contributed by atoms with Crippen molar-refractivity contribution in [1.29, 1.82) is 0 Å². The maximum Gasteiger partial charge on any atom is 0.274 e. The van der Waals surface area contributed by atoms with E-state index in [1.807, 2.05) is 0 Å². The predicted molar refractivity (Wildman–Crippen MR) is 120 cm³/mol. The van der Waals surface area contributed by atoms with Gasteiger partial charge in [0.25, 0.3) is 11.8 Å². The molecule has 1 unspecified atom stereocenters. The zero-order valence-electron chi connectivity index (χ0n) is 18.9. The Morgan fingerprint density at radius 1 is 1.21 bits per heavy atom. The van der Waals surface area contributed by atoms with Crippen molar-refractivity contribution in [2.24, 2.45) is 0 Å². The second-order valence-electron chi connectivity index (χ2n) is 9.63. The number of hydrogen-bond acceptors (Lipinski definition) is 5. The highest BCUT2D eigenvalue weighted by atomic mass is 19.3. The van der Waals surface area contributed by atoms with Crippen molar-refractivity contribution in [2.75, 3.05) is 18.4 Å². The minimum absolute atomic E-state index is 0.0562. The van der Waals surface area contributed by atoms with E-state index < -0.39 is 29.2 Å². The van der Waals surface area contributed by atoms with E-state index in [1.54, 1.807) is 6.20 Å². The lowest BCUT2D eigenvalue weighted by atomic mass is 9.95. The van der Waals surface area contributed by atoms with Gasteiger partial charge in [0.1, 0.15) is 5.69 Å². The van der Waals surface area contributed by atoms with E-state index in [9.17, 15) is 18.7 Å². The number of aliphatic hydroxyl groups is 1. The standard InChI is InChI=1S/C24H26F3N5O2/c1-23(2,34)19-18(31-22(33)16-5-3-4-15(29-16)14-10-24(14,26)27)12-32-11-17(30-21(32)20(19)25)13-6-8-28-9-7-13/h3-5,11-14,28,34H,6-10H2,1-2H3,(H,31,33). The molecular formula is C24H26F3N5O2. The van der Waals surface area contributed by atoms with Crippen molar-refractivity contribution in [2.45, 2.75) is 56.5 Å². The van der Waals surface area contributed by atoms with E-state index in [4.69, 9.17) is 0 Å². The van der Waals surface area contributed by atoms with E-state index in [-0.39, 0.29) is 40.6 Å². The van der Waals surface area contributed by atoms with E-state index in [2.05, 4.69) is 20.6 Å². The number of rotatable bonds is 5. The number of carbonyl (C=O) groups excluding carboxylic acids is 1. The molecule has 1 saturated carbocycles. The van der Waals surface area contributed by atoms with Gasteiger partial charge in [-0.1, -0.05) is 6.07 Å². The molecule has 34 heavy (non-hydrogen) atoms. The number of nitrogens with zero attached hydrogens (tertiary/aromatic N) is 3. The molecule has 10 heteroatoms.